The Morgan fingerprint density at radius 3 is 2.88 bits per heavy atom. The van der Waals surface area contributed by atoms with E-state index in [0.29, 0.717) is 37.3 Å². The summed E-state index contributed by atoms with van der Waals surface area (Å²) in [6.07, 6.45) is 1.65. The van der Waals surface area contributed by atoms with Gasteiger partial charge in [-0.1, -0.05) is 0 Å². The SMILES string of the molecule is CCOc1cc(/C=N/Nc2cc(C)nc(N3CCOCC3)n2)ccc1O. The zero-order chi connectivity index (χ0) is 18.4. The van der Waals surface area contributed by atoms with Crippen molar-refractivity contribution in [3.05, 3.63) is 35.5 Å². The fraction of sp³-hybridized carbons (Fsp3) is 0.389. The van der Waals surface area contributed by atoms with Crippen molar-refractivity contribution >= 4 is 18.0 Å². The Hall–Kier alpha value is -2.87. The number of morpholine rings is 1. The molecule has 8 heteroatoms. The summed E-state index contributed by atoms with van der Waals surface area (Å²) in [6.45, 7) is 7.19. The first-order valence-electron chi connectivity index (χ1n) is 8.59. The van der Waals surface area contributed by atoms with Crippen molar-refractivity contribution in [2.75, 3.05) is 43.2 Å². The fourth-order valence-electron chi connectivity index (χ4n) is 2.57. The van der Waals surface area contributed by atoms with Crippen LogP contribution in [-0.2, 0) is 4.74 Å². The molecule has 3 rings (SSSR count). The number of aryl methyl sites for hydroxylation is 1. The van der Waals surface area contributed by atoms with Crippen LogP contribution in [0.2, 0.25) is 0 Å². The molecule has 0 radical (unpaired) electrons. The lowest BCUT2D eigenvalue weighted by Gasteiger charge is -2.27. The number of phenolic OH excluding ortho intramolecular Hbond substituents is 1. The van der Waals surface area contributed by atoms with Gasteiger partial charge in [-0.3, -0.25) is 5.43 Å². The summed E-state index contributed by atoms with van der Waals surface area (Å²) in [4.78, 5) is 11.1. The molecule has 138 valence electrons. The zero-order valence-corrected chi connectivity index (χ0v) is 15.0. The third-order valence-corrected chi connectivity index (χ3v) is 3.81. The smallest absolute Gasteiger partial charge is 0.227 e. The summed E-state index contributed by atoms with van der Waals surface area (Å²) < 4.78 is 10.7. The van der Waals surface area contributed by atoms with Crippen molar-refractivity contribution in [1.82, 2.24) is 9.97 Å². The predicted octanol–water partition coefficient (Wildman–Crippen LogP) is 2.17. The number of benzene rings is 1. The predicted molar refractivity (Wildman–Crippen MR) is 100 cm³/mol. The van der Waals surface area contributed by atoms with E-state index in [0.717, 1.165) is 24.3 Å². The van der Waals surface area contributed by atoms with Gasteiger partial charge in [0.15, 0.2) is 17.3 Å². The molecular weight excluding hydrogens is 334 g/mol. The highest BCUT2D eigenvalue weighted by Crippen LogP contribution is 2.26. The summed E-state index contributed by atoms with van der Waals surface area (Å²) >= 11 is 0. The van der Waals surface area contributed by atoms with Crippen LogP contribution in [0.1, 0.15) is 18.2 Å². The molecule has 26 heavy (non-hydrogen) atoms. The van der Waals surface area contributed by atoms with Crippen molar-refractivity contribution in [3.63, 3.8) is 0 Å². The molecule has 8 nitrogen and oxygen atoms in total. The molecule has 0 aliphatic carbocycles. The third kappa shape index (κ3) is 4.60. The van der Waals surface area contributed by atoms with Gasteiger partial charge in [-0.2, -0.15) is 10.1 Å². The quantitative estimate of drug-likeness (QED) is 0.605. The number of nitrogens with one attached hydrogen (secondary N) is 1. The summed E-state index contributed by atoms with van der Waals surface area (Å²) in [5.74, 6) is 1.84. The number of aromatic hydroxyl groups is 1. The first-order valence-corrected chi connectivity index (χ1v) is 8.59. The van der Waals surface area contributed by atoms with Gasteiger partial charge in [0.05, 0.1) is 26.0 Å². The first-order chi connectivity index (χ1) is 12.7. The van der Waals surface area contributed by atoms with Crippen LogP contribution in [0.4, 0.5) is 11.8 Å². The molecule has 0 bridgehead atoms. The van der Waals surface area contributed by atoms with Crippen molar-refractivity contribution in [2.45, 2.75) is 13.8 Å². The number of nitrogens with zero attached hydrogens (tertiary/aromatic N) is 4. The first kappa shape index (κ1) is 17.9. The number of phenols is 1. The molecule has 2 aromatic rings. The molecule has 0 atom stereocenters. The van der Waals surface area contributed by atoms with Gasteiger partial charge in [-0.15, -0.1) is 0 Å². The second-order valence-corrected chi connectivity index (χ2v) is 5.82. The van der Waals surface area contributed by atoms with Crippen molar-refractivity contribution < 1.29 is 14.6 Å². The lowest BCUT2D eigenvalue weighted by Crippen LogP contribution is -2.37. The van der Waals surface area contributed by atoms with E-state index in [1.54, 1.807) is 24.4 Å². The summed E-state index contributed by atoms with van der Waals surface area (Å²) in [5.41, 5.74) is 4.60. The van der Waals surface area contributed by atoms with Crippen LogP contribution in [-0.4, -0.2) is 54.2 Å². The van der Waals surface area contributed by atoms with Gasteiger partial charge in [0.25, 0.3) is 0 Å². The lowest BCUT2D eigenvalue weighted by atomic mass is 10.2. The van der Waals surface area contributed by atoms with E-state index < -0.39 is 0 Å². The second kappa shape index (κ2) is 8.48. The molecule has 0 unspecified atom stereocenters. The Balaban J connectivity index is 1.70. The number of hydrazone groups is 1. The topological polar surface area (TPSA) is 92.1 Å². The van der Waals surface area contributed by atoms with E-state index >= 15 is 0 Å². The third-order valence-electron chi connectivity index (χ3n) is 3.81. The van der Waals surface area contributed by atoms with Gasteiger partial charge < -0.3 is 19.5 Å². The van der Waals surface area contributed by atoms with Crippen LogP contribution in [0.15, 0.2) is 29.4 Å². The van der Waals surface area contributed by atoms with Gasteiger partial charge in [0.1, 0.15) is 0 Å². The van der Waals surface area contributed by atoms with Crippen LogP contribution >= 0.6 is 0 Å². The minimum Gasteiger partial charge on any atom is -0.504 e. The van der Waals surface area contributed by atoms with Gasteiger partial charge in [0, 0.05) is 24.8 Å². The number of ether oxygens (including phenoxy) is 2. The van der Waals surface area contributed by atoms with Crippen molar-refractivity contribution in [1.29, 1.82) is 0 Å². The van der Waals surface area contributed by atoms with Gasteiger partial charge in [-0.25, -0.2) is 4.98 Å². The van der Waals surface area contributed by atoms with Crippen molar-refractivity contribution in [3.8, 4) is 11.5 Å². The van der Waals surface area contributed by atoms with E-state index in [2.05, 4.69) is 25.4 Å². The minimum absolute atomic E-state index is 0.110. The second-order valence-electron chi connectivity index (χ2n) is 5.82. The molecule has 1 saturated heterocycles. The maximum absolute atomic E-state index is 9.74. The van der Waals surface area contributed by atoms with Crippen LogP contribution in [0.3, 0.4) is 0 Å². The Bertz CT molecular complexity index is 775. The van der Waals surface area contributed by atoms with E-state index in [-0.39, 0.29) is 5.75 Å². The summed E-state index contributed by atoms with van der Waals surface area (Å²) in [6, 6.07) is 6.91. The van der Waals surface area contributed by atoms with E-state index in [4.69, 9.17) is 9.47 Å². The van der Waals surface area contributed by atoms with Crippen molar-refractivity contribution in [2.24, 2.45) is 5.10 Å². The van der Waals surface area contributed by atoms with Gasteiger partial charge in [0.2, 0.25) is 5.95 Å². The molecule has 2 N–H and O–H groups in total. The largest absolute Gasteiger partial charge is 0.504 e. The van der Waals surface area contributed by atoms with E-state index in [1.807, 2.05) is 19.9 Å². The van der Waals surface area contributed by atoms with Crippen LogP contribution in [0.5, 0.6) is 11.5 Å². The maximum Gasteiger partial charge on any atom is 0.227 e. The van der Waals surface area contributed by atoms with Gasteiger partial charge >= 0.3 is 0 Å². The number of hydrogen-bond acceptors (Lipinski definition) is 8. The molecule has 0 amide bonds. The molecule has 1 aromatic carbocycles. The normalized spacial score (nSPS) is 14.6. The number of rotatable bonds is 6. The molecule has 1 aliphatic rings. The monoisotopic (exact) mass is 357 g/mol. The van der Waals surface area contributed by atoms with E-state index in [9.17, 15) is 5.11 Å². The fourth-order valence-corrected chi connectivity index (χ4v) is 2.57. The van der Waals surface area contributed by atoms with Gasteiger partial charge in [-0.05, 0) is 37.6 Å². The average Bonchev–Trinajstić information content (AvgIpc) is 2.65. The van der Waals surface area contributed by atoms with Crippen LogP contribution < -0.4 is 15.1 Å². The zero-order valence-electron chi connectivity index (χ0n) is 15.0. The maximum atomic E-state index is 9.74. The van der Waals surface area contributed by atoms with E-state index in [1.165, 1.54) is 0 Å². The number of hydrogen-bond donors (Lipinski definition) is 2. The number of anilines is 2. The Kier molecular flexibility index (Phi) is 5.85. The number of aromatic nitrogens is 2. The molecule has 1 aliphatic heterocycles. The molecule has 0 saturated carbocycles. The standard InChI is InChI=1S/C18H23N5O3/c1-3-26-16-11-14(4-5-15(16)24)12-19-22-17-10-13(2)20-18(21-17)23-6-8-25-9-7-23/h4-5,10-12,24H,3,6-9H2,1-2H3,(H,20,21,22)/b19-12+. The average molecular weight is 357 g/mol. The van der Waals surface area contributed by atoms with Crippen LogP contribution in [0.25, 0.3) is 0 Å². The summed E-state index contributed by atoms with van der Waals surface area (Å²) in [5, 5.41) is 14.0. The molecular formula is C18H23N5O3. The highest BCUT2D eigenvalue weighted by atomic mass is 16.5. The summed E-state index contributed by atoms with van der Waals surface area (Å²) in [7, 11) is 0. The van der Waals surface area contributed by atoms with Crippen LogP contribution in [0, 0.1) is 6.92 Å². The Morgan fingerprint density at radius 2 is 2.12 bits per heavy atom. The lowest BCUT2D eigenvalue weighted by molar-refractivity contribution is 0.122. The molecule has 1 aromatic heterocycles. The minimum atomic E-state index is 0.110. The Labute approximate surface area is 152 Å². The molecule has 2 heterocycles. The molecule has 1 fully saturated rings. The highest BCUT2D eigenvalue weighted by molar-refractivity contribution is 5.81. The molecule has 0 spiro atoms. The highest BCUT2D eigenvalue weighted by Gasteiger charge is 2.14. The Morgan fingerprint density at radius 1 is 1.31 bits per heavy atom.